The fraction of sp³-hybridized carbons (Fsp3) is 0.611. The number of rotatable bonds is 9. The van der Waals surface area contributed by atoms with Crippen LogP contribution in [0.25, 0.3) is 0 Å². The number of methoxy groups -OCH3 is 2. The van der Waals surface area contributed by atoms with Crippen molar-refractivity contribution in [3.05, 3.63) is 23.8 Å². The van der Waals surface area contributed by atoms with Crippen molar-refractivity contribution in [2.75, 3.05) is 53.6 Å². The summed E-state index contributed by atoms with van der Waals surface area (Å²) in [5.74, 6) is 1.41. The second-order valence-corrected chi connectivity index (χ2v) is 5.97. The van der Waals surface area contributed by atoms with E-state index in [0.717, 1.165) is 18.7 Å². The van der Waals surface area contributed by atoms with Gasteiger partial charge >= 0.3 is 0 Å². The highest BCUT2D eigenvalue weighted by molar-refractivity contribution is 5.85. The van der Waals surface area contributed by atoms with Gasteiger partial charge in [-0.05, 0) is 30.7 Å². The first-order valence-electron chi connectivity index (χ1n) is 8.70. The molecule has 0 saturated carbocycles. The molecule has 1 unspecified atom stereocenters. The van der Waals surface area contributed by atoms with Crippen LogP contribution < -0.4 is 20.5 Å². The Bertz CT molecular complexity index is 557. The lowest BCUT2D eigenvalue weighted by Crippen LogP contribution is -2.43. The van der Waals surface area contributed by atoms with Crippen molar-refractivity contribution in [3.63, 3.8) is 0 Å². The van der Waals surface area contributed by atoms with Crippen LogP contribution in [0.15, 0.2) is 18.2 Å². The van der Waals surface area contributed by atoms with Crippen LogP contribution in [-0.2, 0) is 9.53 Å². The van der Waals surface area contributed by atoms with Gasteiger partial charge in [-0.1, -0.05) is 6.07 Å². The van der Waals surface area contributed by atoms with Gasteiger partial charge in [-0.25, -0.2) is 0 Å². The number of amides is 1. The number of hydrogen-bond acceptors (Lipinski definition) is 6. The van der Waals surface area contributed by atoms with Gasteiger partial charge in [0.2, 0.25) is 5.91 Å². The number of halogens is 2. The van der Waals surface area contributed by atoms with Crippen LogP contribution in [0.2, 0.25) is 0 Å². The highest BCUT2D eigenvalue weighted by Crippen LogP contribution is 2.32. The first kappa shape index (κ1) is 25.8. The Morgan fingerprint density at radius 3 is 2.48 bits per heavy atom. The predicted octanol–water partition coefficient (Wildman–Crippen LogP) is 1.78. The molecule has 0 aliphatic carbocycles. The van der Waals surface area contributed by atoms with Crippen LogP contribution in [0.3, 0.4) is 0 Å². The molecule has 1 fully saturated rings. The van der Waals surface area contributed by atoms with E-state index in [1.165, 1.54) is 0 Å². The van der Waals surface area contributed by atoms with Gasteiger partial charge in [0.05, 0.1) is 33.5 Å². The fourth-order valence-electron chi connectivity index (χ4n) is 2.97. The maximum absolute atomic E-state index is 12.0. The molecule has 1 aromatic carbocycles. The van der Waals surface area contributed by atoms with Gasteiger partial charge in [0.1, 0.15) is 0 Å². The molecule has 9 heteroatoms. The van der Waals surface area contributed by atoms with Crippen LogP contribution in [0.5, 0.6) is 11.5 Å². The molecule has 1 aliphatic rings. The number of carbonyl (C=O) groups is 1. The van der Waals surface area contributed by atoms with Gasteiger partial charge in [-0.15, -0.1) is 24.8 Å². The van der Waals surface area contributed by atoms with Crippen LogP contribution in [0.1, 0.15) is 24.4 Å². The molecule has 7 nitrogen and oxygen atoms in total. The topological polar surface area (TPSA) is 86.0 Å². The summed E-state index contributed by atoms with van der Waals surface area (Å²) in [7, 11) is 3.24. The van der Waals surface area contributed by atoms with Crippen molar-refractivity contribution >= 4 is 30.7 Å². The number of nitrogens with zero attached hydrogens (tertiary/aromatic N) is 1. The number of hydrogen-bond donors (Lipinski definition) is 2. The van der Waals surface area contributed by atoms with E-state index in [9.17, 15) is 4.79 Å². The standard InChI is InChI=1S/C18H29N3O4.2ClH/c1-23-16-6-5-14(12-17(16)24-2)15(21-8-10-25-11-9-21)13-20-18(22)4-3-7-19;;/h5-6,12,15H,3-4,7-11,13,19H2,1-2H3,(H,20,22);2*1H. The number of ether oxygens (including phenoxy) is 3. The smallest absolute Gasteiger partial charge is 0.220 e. The van der Waals surface area contributed by atoms with E-state index in [1.54, 1.807) is 14.2 Å². The van der Waals surface area contributed by atoms with Crippen molar-refractivity contribution in [3.8, 4) is 11.5 Å². The molecule has 1 amide bonds. The normalized spacial score (nSPS) is 15.1. The summed E-state index contributed by atoms with van der Waals surface area (Å²) in [6.45, 7) is 4.13. The fourth-order valence-corrected chi connectivity index (χ4v) is 2.97. The second-order valence-electron chi connectivity index (χ2n) is 5.97. The third-order valence-electron chi connectivity index (χ3n) is 4.38. The van der Waals surface area contributed by atoms with Crippen LogP contribution >= 0.6 is 24.8 Å². The van der Waals surface area contributed by atoms with E-state index >= 15 is 0 Å². The molecule has 1 aromatic rings. The molecular formula is C18H31Cl2N3O4. The summed E-state index contributed by atoms with van der Waals surface area (Å²) in [4.78, 5) is 14.3. The zero-order valence-corrected chi connectivity index (χ0v) is 17.6. The summed E-state index contributed by atoms with van der Waals surface area (Å²) in [5.41, 5.74) is 6.55. The SMILES string of the molecule is COc1ccc(C(CNC(=O)CCCN)N2CCOCC2)cc1OC.Cl.Cl. The van der Waals surface area contributed by atoms with Crippen LogP contribution in [0.4, 0.5) is 0 Å². The third kappa shape index (κ3) is 7.71. The zero-order valence-electron chi connectivity index (χ0n) is 15.9. The number of nitrogens with two attached hydrogens (primary N) is 1. The minimum absolute atomic E-state index is 0. The Morgan fingerprint density at radius 2 is 1.89 bits per heavy atom. The zero-order chi connectivity index (χ0) is 18.1. The van der Waals surface area contributed by atoms with Gasteiger partial charge in [0.25, 0.3) is 0 Å². The van der Waals surface area contributed by atoms with Gasteiger partial charge in [0, 0.05) is 26.1 Å². The molecule has 0 spiro atoms. The third-order valence-corrected chi connectivity index (χ3v) is 4.38. The number of morpholine rings is 1. The number of benzene rings is 1. The first-order valence-corrected chi connectivity index (χ1v) is 8.70. The summed E-state index contributed by atoms with van der Waals surface area (Å²) < 4.78 is 16.2. The van der Waals surface area contributed by atoms with E-state index in [2.05, 4.69) is 10.2 Å². The Labute approximate surface area is 173 Å². The average Bonchev–Trinajstić information content (AvgIpc) is 2.67. The lowest BCUT2D eigenvalue weighted by Gasteiger charge is -2.35. The van der Waals surface area contributed by atoms with E-state index in [4.69, 9.17) is 19.9 Å². The van der Waals surface area contributed by atoms with Crippen molar-refractivity contribution in [2.24, 2.45) is 5.73 Å². The molecule has 1 atom stereocenters. The Hall–Kier alpha value is -1.25. The molecule has 0 bridgehead atoms. The van der Waals surface area contributed by atoms with E-state index in [1.807, 2.05) is 18.2 Å². The molecule has 2 rings (SSSR count). The second kappa shape index (κ2) is 13.8. The summed E-state index contributed by atoms with van der Waals surface area (Å²) >= 11 is 0. The molecule has 1 saturated heterocycles. The molecule has 1 aliphatic heterocycles. The van der Waals surface area contributed by atoms with Gasteiger partial charge in [-0.3, -0.25) is 9.69 Å². The average molecular weight is 424 g/mol. The molecule has 3 N–H and O–H groups in total. The highest BCUT2D eigenvalue weighted by atomic mass is 35.5. The molecule has 0 aromatic heterocycles. The van der Waals surface area contributed by atoms with Gasteiger partial charge in [-0.2, -0.15) is 0 Å². The monoisotopic (exact) mass is 423 g/mol. The number of carbonyl (C=O) groups excluding carboxylic acids is 1. The van der Waals surface area contributed by atoms with E-state index < -0.39 is 0 Å². The Morgan fingerprint density at radius 1 is 1.22 bits per heavy atom. The van der Waals surface area contributed by atoms with Gasteiger partial charge in [0.15, 0.2) is 11.5 Å². The minimum Gasteiger partial charge on any atom is -0.493 e. The number of nitrogens with one attached hydrogen (secondary N) is 1. The summed E-state index contributed by atoms with van der Waals surface area (Å²) in [5, 5.41) is 3.03. The van der Waals surface area contributed by atoms with Crippen molar-refractivity contribution in [1.29, 1.82) is 0 Å². The summed E-state index contributed by atoms with van der Waals surface area (Å²) in [6.07, 6.45) is 1.16. The lowest BCUT2D eigenvalue weighted by molar-refractivity contribution is -0.121. The quantitative estimate of drug-likeness (QED) is 0.629. The minimum atomic E-state index is 0. The summed E-state index contributed by atoms with van der Waals surface area (Å²) in [6, 6.07) is 5.96. The van der Waals surface area contributed by atoms with Crippen molar-refractivity contribution in [1.82, 2.24) is 10.2 Å². The Balaban J connectivity index is 0.00000338. The first-order chi connectivity index (χ1) is 12.2. The molecule has 0 radical (unpaired) electrons. The maximum Gasteiger partial charge on any atom is 0.220 e. The van der Waals surface area contributed by atoms with E-state index in [0.29, 0.717) is 50.6 Å². The highest BCUT2D eigenvalue weighted by Gasteiger charge is 2.24. The molecular weight excluding hydrogens is 393 g/mol. The molecule has 156 valence electrons. The Kier molecular flexibility index (Phi) is 13.2. The van der Waals surface area contributed by atoms with Gasteiger partial charge < -0.3 is 25.3 Å². The van der Waals surface area contributed by atoms with E-state index in [-0.39, 0.29) is 36.8 Å². The predicted molar refractivity (Wildman–Crippen MR) is 110 cm³/mol. The van der Waals surface area contributed by atoms with Crippen molar-refractivity contribution in [2.45, 2.75) is 18.9 Å². The van der Waals surface area contributed by atoms with Crippen LogP contribution in [-0.4, -0.2) is 64.4 Å². The van der Waals surface area contributed by atoms with Crippen LogP contribution in [0, 0.1) is 0 Å². The molecule has 27 heavy (non-hydrogen) atoms. The lowest BCUT2D eigenvalue weighted by atomic mass is 10.0. The largest absolute Gasteiger partial charge is 0.493 e. The maximum atomic E-state index is 12.0. The molecule has 1 heterocycles. The van der Waals surface area contributed by atoms with Crippen molar-refractivity contribution < 1.29 is 19.0 Å².